The van der Waals surface area contributed by atoms with Gasteiger partial charge in [-0.3, -0.25) is 9.59 Å². The van der Waals surface area contributed by atoms with Crippen molar-refractivity contribution in [3.8, 4) is 0 Å². The Kier molecular flexibility index (Phi) is 6.63. The molecule has 29 heavy (non-hydrogen) atoms. The van der Waals surface area contributed by atoms with Crippen LogP contribution in [-0.4, -0.2) is 58.2 Å². The normalized spacial score (nSPS) is 14.7. The lowest BCUT2D eigenvalue weighted by molar-refractivity contribution is -0.129. The van der Waals surface area contributed by atoms with Crippen LogP contribution in [0.2, 0.25) is 0 Å². The van der Waals surface area contributed by atoms with Gasteiger partial charge in [0.25, 0.3) is 5.91 Å². The van der Waals surface area contributed by atoms with Gasteiger partial charge in [-0.1, -0.05) is 0 Å². The monoisotopic (exact) mass is 417 g/mol. The summed E-state index contributed by atoms with van der Waals surface area (Å²) in [7, 11) is 3.58. The first-order valence-electron chi connectivity index (χ1n) is 9.65. The van der Waals surface area contributed by atoms with Crippen molar-refractivity contribution in [2.75, 3.05) is 37.4 Å². The molecule has 2 aromatic heterocycles. The number of nitrogens with two attached hydrogens (primary N) is 1. The second-order valence-electron chi connectivity index (χ2n) is 7.50. The van der Waals surface area contributed by atoms with E-state index in [4.69, 9.17) is 5.73 Å². The molecule has 3 rings (SSSR count). The van der Waals surface area contributed by atoms with Gasteiger partial charge in [0.2, 0.25) is 5.91 Å². The Labute approximate surface area is 174 Å². The van der Waals surface area contributed by atoms with Crippen LogP contribution >= 0.6 is 11.5 Å². The lowest BCUT2D eigenvalue weighted by Crippen LogP contribution is -2.35. The molecular formula is C19H27N7O2S. The molecule has 1 fully saturated rings. The van der Waals surface area contributed by atoms with Crippen LogP contribution < -0.4 is 16.0 Å². The second kappa shape index (κ2) is 9.17. The Morgan fingerprint density at radius 1 is 1.34 bits per heavy atom. The quantitative estimate of drug-likeness (QED) is 0.709. The molecule has 2 aromatic rings. The smallest absolute Gasteiger partial charge is 0.271 e. The van der Waals surface area contributed by atoms with Gasteiger partial charge >= 0.3 is 0 Å². The predicted octanol–water partition coefficient (Wildman–Crippen LogP) is 2.17. The number of amides is 2. The van der Waals surface area contributed by atoms with E-state index in [9.17, 15) is 9.59 Å². The van der Waals surface area contributed by atoms with Gasteiger partial charge in [-0.2, -0.15) is 4.37 Å². The SMILES string of the molecule is Cc1cc(Nc2nc(N3CCC(CCC(=O)N(C)C)CC3)cnc2C(N)=O)sn1. The highest BCUT2D eigenvalue weighted by molar-refractivity contribution is 7.10. The molecule has 0 atom stereocenters. The fraction of sp³-hybridized carbons (Fsp3) is 0.526. The number of rotatable bonds is 7. The van der Waals surface area contributed by atoms with Crippen LogP contribution in [0.4, 0.5) is 16.6 Å². The zero-order chi connectivity index (χ0) is 21.0. The number of hydrogen-bond acceptors (Lipinski definition) is 8. The number of primary amides is 1. The minimum atomic E-state index is -0.628. The van der Waals surface area contributed by atoms with Crippen molar-refractivity contribution in [1.29, 1.82) is 0 Å². The number of carbonyl (C=O) groups excluding carboxylic acids is 2. The molecule has 0 spiro atoms. The van der Waals surface area contributed by atoms with Gasteiger partial charge in [0, 0.05) is 33.6 Å². The molecule has 0 radical (unpaired) electrons. The lowest BCUT2D eigenvalue weighted by Gasteiger charge is -2.33. The number of nitrogens with one attached hydrogen (secondary N) is 1. The average molecular weight is 418 g/mol. The van der Waals surface area contributed by atoms with E-state index >= 15 is 0 Å². The highest BCUT2D eigenvalue weighted by atomic mass is 32.1. The highest BCUT2D eigenvalue weighted by Gasteiger charge is 2.23. The summed E-state index contributed by atoms with van der Waals surface area (Å²) >= 11 is 1.29. The van der Waals surface area contributed by atoms with Gasteiger partial charge in [0.05, 0.1) is 11.9 Å². The van der Waals surface area contributed by atoms with Crippen molar-refractivity contribution in [3.63, 3.8) is 0 Å². The summed E-state index contributed by atoms with van der Waals surface area (Å²) in [5.41, 5.74) is 6.46. The minimum Gasteiger partial charge on any atom is -0.364 e. The van der Waals surface area contributed by atoms with Crippen LogP contribution in [0.25, 0.3) is 0 Å². The number of nitrogens with zero attached hydrogens (tertiary/aromatic N) is 5. The predicted molar refractivity (Wildman–Crippen MR) is 114 cm³/mol. The molecule has 0 aliphatic carbocycles. The maximum atomic E-state index is 11.8. The number of hydrogen-bond donors (Lipinski definition) is 2. The van der Waals surface area contributed by atoms with E-state index in [0.717, 1.165) is 43.0 Å². The molecular weight excluding hydrogens is 390 g/mol. The van der Waals surface area contributed by atoms with Crippen LogP contribution in [0.5, 0.6) is 0 Å². The molecule has 0 bridgehead atoms. The maximum absolute atomic E-state index is 11.8. The molecule has 3 N–H and O–H groups in total. The molecule has 0 aromatic carbocycles. The van der Waals surface area contributed by atoms with Gasteiger partial charge < -0.3 is 20.9 Å². The van der Waals surface area contributed by atoms with E-state index in [1.807, 2.05) is 13.0 Å². The summed E-state index contributed by atoms with van der Waals surface area (Å²) in [5.74, 6) is 1.14. The van der Waals surface area contributed by atoms with Crippen molar-refractivity contribution in [2.24, 2.45) is 11.7 Å². The topological polar surface area (TPSA) is 117 Å². The highest BCUT2D eigenvalue weighted by Crippen LogP contribution is 2.28. The summed E-state index contributed by atoms with van der Waals surface area (Å²) < 4.78 is 4.23. The molecule has 3 heterocycles. The van der Waals surface area contributed by atoms with Gasteiger partial charge in [0.15, 0.2) is 11.5 Å². The first-order chi connectivity index (χ1) is 13.8. The van der Waals surface area contributed by atoms with E-state index < -0.39 is 5.91 Å². The Hall–Kier alpha value is -2.75. The molecule has 0 saturated carbocycles. The lowest BCUT2D eigenvalue weighted by atomic mass is 9.92. The molecule has 1 saturated heterocycles. The zero-order valence-electron chi connectivity index (χ0n) is 17.0. The van der Waals surface area contributed by atoms with Crippen molar-refractivity contribution >= 4 is 40.0 Å². The molecule has 2 amide bonds. The summed E-state index contributed by atoms with van der Waals surface area (Å²) in [6.07, 6.45) is 5.09. The molecule has 9 nitrogen and oxygen atoms in total. The summed E-state index contributed by atoms with van der Waals surface area (Å²) in [6.45, 7) is 3.57. The van der Waals surface area contributed by atoms with Crippen LogP contribution in [0.1, 0.15) is 41.9 Å². The molecule has 1 aliphatic heterocycles. The second-order valence-corrected chi connectivity index (χ2v) is 8.31. The summed E-state index contributed by atoms with van der Waals surface area (Å²) in [5, 5.41) is 3.90. The third-order valence-electron chi connectivity index (χ3n) is 5.07. The standard InChI is InChI=1S/C19H27N7O2S/c1-12-10-15(29-24-12)23-19-17(18(20)28)21-11-14(22-19)26-8-6-13(7-9-26)4-5-16(27)25(2)3/h10-11,13H,4-9H2,1-3H3,(H2,20,28)(H,22,23). The zero-order valence-corrected chi connectivity index (χ0v) is 17.8. The van der Waals surface area contributed by atoms with E-state index in [1.165, 1.54) is 11.5 Å². The Bertz CT molecular complexity index is 875. The summed E-state index contributed by atoms with van der Waals surface area (Å²) in [4.78, 5) is 36.2. The first-order valence-corrected chi connectivity index (χ1v) is 10.4. The number of anilines is 3. The Morgan fingerprint density at radius 3 is 2.66 bits per heavy atom. The van der Waals surface area contributed by atoms with Crippen LogP contribution in [0.3, 0.4) is 0 Å². The van der Waals surface area contributed by atoms with Crippen molar-refractivity contribution in [2.45, 2.75) is 32.6 Å². The molecule has 10 heteroatoms. The molecule has 1 aliphatic rings. The van der Waals surface area contributed by atoms with Gasteiger partial charge in [-0.05, 0) is 49.7 Å². The third kappa shape index (κ3) is 5.41. The Morgan fingerprint density at radius 2 is 2.07 bits per heavy atom. The maximum Gasteiger partial charge on any atom is 0.271 e. The van der Waals surface area contributed by atoms with Crippen LogP contribution in [-0.2, 0) is 4.79 Å². The summed E-state index contributed by atoms with van der Waals surface area (Å²) in [6, 6.07) is 1.88. The fourth-order valence-electron chi connectivity index (χ4n) is 3.34. The van der Waals surface area contributed by atoms with Crippen LogP contribution in [0, 0.1) is 12.8 Å². The van der Waals surface area contributed by atoms with Crippen LogP contribution in [0.15, 0.2) is 12.3 Å². The van der Waals surface area contributed by atoms with Crippen molar-refractivity contribution in [1.82, 2.24) is 19.2 Å². The molecule has 156 valence electrons. The number of aromatic nitrogens is 3. The number of carbonyl (C=O) groups is 2. The van der Waals surface area contributed by atoms with Crippen molar-refractivity contribution < 1.29 is 9.59 Å². The van der Waals surface area contributed by atoms with E-state index in [0.29, 0.717) is 24.0 Å². The van der Waals surface area contributed by atoms with E-state index in [-0.39, 0.29) is 11.6 Å². The molecule has 0 unspecified atom stereocenters. The first kappa shape index (κ1) is 21.0. The average Bonchev–Trinajstić information content (AvgIpc) is 3.10. The number of piperidine rings is 1. The minimum absolute atomic E-state index is 0.108. The largest absolute Gasteiger partial charge is 0.364 e. The van der Waals surface area contributed by atoms with E-state index in [1.54, 1.807) is 25.2 Å². The number of aryl methyl sites for hydroxylation is 1. The van der Waals surface area contributed by atoms with Gasteiger partial charge in [-0.25, -0.2) is 9.97 Å². The third-order valence-corrected chi connectivity index (χ3v) is 5.86. The Balaban J connectivity index is 1.66. The van der Waals surface area contributed by atoms with Gasteiger partial charge in [-0.15, -0.1) is 0 Å². The van der Waals surface area contributed by atoms with Gasteiger partial charge in [0.1, 0.15) is 10.8 Å². The fourth-order valence-corrected chi connectivity index (χ4v) is 4.00. The van der Waals surface area contributed by atoms with E-state index in [2.05, 4.69) is 24.6 Å². The van der Waals surface area contributed by atoms with Crippen molar-refractivity contribution in [3.05, 3.63) is 23.7 Å².